The van der Waals surface area contributed by atoms with Crippen LogP contribution in [0.15, 0.2) is 27.8 Å². The van der Waals surface area contributed by atoms with Gasteiger partial charge in [-0.1, -0.05) is 21.0 Å². The molecule has 1 aliphatic heterocycles. The van der Waals surface area contributed by atoms with Crippen LogP contribution in [0.25, 0.3) is 10.4 Å². The summed E-state index contributed by atoms with van der Waals surface area (Å²) in [6.07, 6.45) is 0.303. The summed E-state index contributed by atoms with van der Waals surface area (Å²) in [5, 5.41) is 3.52. The van der Waals surface area contributed by atoms with Crippen molar-refractivity contribution in [1.82, 2.24) is 0 Å². The number of esters is 1. The highest BCUT2D eigenvalue weighted by Crippen LogP contribution is 2.31. The fourth-order valence-corrected chi connectivity index (χ4v) is 2.77. The third-order valence-corrected chi connectivity index (χ3v) is 3.85. The number of carbonyl (C=O) groups is 2. The second-order valence-electron chi connectivity index (χ2n) is 4.87. The number of hydrogen-bond donors (Lipinski definition) is 0. The molecule has 0 aliphatic carbocycles. The van der Waals surface area contributed by atoms with Gasteiger partial charge < -0.3 is 9.64 Å². The van der Waals surface area contributed by atoms with E-state index in [-0.39, 0.29) is 25.0 Å². The summed E-state index contributed by atoms with van der Waals surface area (Å²) in [6, 6.07) is 5.12. The highest BCUT2D eigenvalue weighted by Gasteiger charge is 2.32. The van der Waals surface area contributed by atoms with Crippen LogP contribution < -0.4 is 4.90 Å². The van der Waals surface area contributed by atoms with Crippen LogP contribution >= 0.6 is 15.9 Å². The van der Waals surface area contributed by atoms with E-state index in [4.69, 9.17) is 10.3 Å². The zero-order chi connectivity index (χ0) is 16.1. The smallest absolute Gasteiger partial charge is 0.340 e. The maximum atomic E-state index is 12.2. The Morgan fingerprint density at radius 1 is 1.59 bits per heavy atom. The Labute approximate surface area is 136 Å². The average Bonchev–Trinajstić information content (AvgIpc) is 2.86. The van der Waals surface area contributed by atoms with Crippen LogP contribution in [0, 0.1) is 5.92 Å². The van der Waals surface area contributed by atoms with Crippen molar-refractivity contribution in [2.24, 2.45) is 11.0 Å². The van der Waals surface area contributed by atoms with E-state index >= 15 is 0 Å². The molecule has 1 aliphatic rings. The minimum Gasteiger partial charge on any atom is -0.462 e. The Morgan fingerprint density at radius 3 is 3.05 bits per heavy atom. The van der Waals surface area contributed by atoms with Crippen molar-refractivity contribution in [2.75, 3.05) is 24.6 Å². The number of halogens is 1. The van der Waals surface area contributed by atoms with Crippen LogP contribution in [0.4, 0.5) is 5.69 Å². The van der Waals surface area contributed by atoms with Gasteiger partial charge in [0.1, 0.15) is 0 Å². The van der Waals surface area contributed by atoms with E-state index in [9.17, 15) is 9.59 Å². The molecule has 1 fully saturated rings. The summed E-state index contributed by atoms with van der Waals surface area (Å²) in [7, 11) is 0. The summed E-state index contributed by atoms with van der Waals surface area (Å²) in [4.78, 5) is 28.6. The van der Waals surface area contributed by atoms with Gasteiger partial charge >= 0.3 is 5.97 Å². The molecule has 2 rings (SSSR count). The van der Waals surface area contributed by atoms with E-state index in [1.807, 2.05) is 0 Å². The Bertz CT molecular complexity index is 643. The van der Waals surface area contributed by atoms with Gasteiger partial charge in [-0.25, -0.2) is 4.79 Å². The first-order valence-electron chi connectivity index (χ1n) is 6.84. The Kier molecular flexibility index (Phi) is 5.41. The number of benzene rings is 1. The van der Waals surface area contributed by atoms with Crippen LogP contribution in [-0.4, -0.2) is 31.6 Å². The molecule has 1 unspecified atom stereocenters. The van der Waals surface area contributed by atoms with Crippen molar-refractivity contribution in [1.29, 1.82) is 0 Å². The van der Waals surface area contributed by atoms with E-state index < -0.39 is 5.97 Å². The molecule has 116 valence electrons. The summed E-state index contributed by atoms with van der Waals surface area (Å²) >= 11 is 3.32. The van der Waals surface area contributed by atoms with Gasteiger partial charge in [0.15, 0.2) is 0 Å². The lowest BCUT2D eigenvalue weighted by Crippen LogP contribution is -2.27. The third kappa shape index (κ3) is 3.58. The van der Waals surface area contributed by atoms with Gasteiger partial charge in [0.2, 0.25) is 5.91 Å². The fourth-order valence-electron chi connectivity index (χ4n) is 2.40. The number of hydrogen-bond acceptors (Lipinski definition) is 4. The van der Waals surface area contributed by atoms with Gasteiger partial charge in [-0.05, 0) is 36.6 Å². The number of amides is 1. The van der Waals surface area contributed by atoms with E-state index in [0.29, 0.717) is 24.2 Å². The lowest BCUT2D eigenvalue weighted by atomic mass is 10.1. The summed E-state index contributed by atoms with van der Waals surface area (Å²) in [6.45, 7) is 2.68. The molecule has 1 aromatic carbocycles. The molecule has 1 heterocycles. The molecule has 7 nitrogen and oxygen atoms in total. The van der Waals surface area contributed by atoms with Gasteiger partial charge in [-0.2, -0.15) is 0 Å². The normalized spacial score (nSPS) is 17.3. The molecule has 0 aromatic heterocycles. The van der Waals surface area contributed by atoms with E-state index in [1.165, 1.54) is 0 Å². The molecule has 1 amide bonds. The zero-order valence-corrected chi connectivity index (χ0v) is 13.6. The van der Waals surface area contributed by atoms with Crippen LogP contribution in [0.1, 0.15) is 23.7 Å². The first-order chi connectivity index (χ1) is 10.6. The summed E-state index contributed by atoms with van der Waals surface area (Å²) in [5.74, 6) is -0.599. The van der Waals surface area contributed by atoms with Crippen molar-refractivity contribution < 1.29 is 14.3 Å². The SMILES string of the molecule is CCOC(=O)c1cc(Br)ccc1N1CC(CN=[N+]=[N-])CC1=O. The molecule has 1 atom stereocenters. The quantitative estimate of drug-likeness (QED) is 0.346. The van der Waals surface area contributed by atoms with E-state index in [2.05, 4.69) is 26.0 Å². The van der Waals surface area contributed by atoms with E-state index in [1.54, 1.807) is 30.0 Å². The van der Waals surface area contributed by atoms with Crippen molar-refractivity contribution in [3.8, 4) is 0 Å². The molecule has 1 aromatic rings. The van der Waals surface area contributed by atoms with Crippen LogP contribution in [0.5, 0.6) is 0 Å². The van der Waals surface area contributed by atoms with E-state index in [0.717, 1.165) is 4.47 Å². The van der Waals surface area contributed by atoms with Gasteiger partial charge in [-0.15, -0.1) is 0 Å². The molecule has 22 heavy (non-hydrogen) atoms. The third-order valence-electron chi connectivity index (χ3n) is 3.35. The van der Waals surface area contributed by atoms with Crippen LogP contribution in [0.2, 0.25) is 0 Å². The Hall–Kier alpha value is -2.05. The van der Waals surface area contributed by atoms with Crippen LogP contribution in [-0.2, 0) is 9.53 Å². The minimum atomic E-state index is -0.468. The van der Waals surface area contributed by atoms with Gasteiger partial charge in [0.05, 0.1) is 17.9 Å². The molecule has 1 saturated heterocycles. The standard InChI is InChI=1S/C14H15BrN4O3/c1-2-22-14(21)11-6-10(15)3-4-12(11)19-8-9(5-13(19)20)7-17-18-16/h3-4,6,9H,2,5,7-8H2,1H3. The van der Waals surface area contributed by atoms with Crippen molar-refractivity contribution >= 4 is 33.5 Å². The minimum absolute atomic E-state index is 0.0397. The molecular formula is C14H15BrN4O3. The Balaban J connectivity index is 2.30. The fraction of sp³-hybridized carbons (Fsp3) is 0.429. The van der Waals surface area contributed by atoms with Gasteiger partial charge in [0, 0.05) is 28.9 Å². The molecule has 0 bridgehead atoms. The highest BCUT2D eigenvalue weighted by molar-refractivity contribution is 9.10. The van der Waals surface area contributed by atoms with Gasteiger partial charge in [0.25, 0.3) is 0 Å². The number of carbonyl (C=O) groups excluding carboxylic acids is 2. The molecule has 0 spiro atoms. The number of nitrogens with zero attached hydrogens (tertiary/aromatic N) is 4. The highest BCUT2D eigenvalue weighted by atomic mass is 79.9. The second kappa shape index (κ2) is 7.29. The predicted octanol–water partition coefficient (Wildman–Crippen LogP) is 3.29. The lowest BCUT2D eigenvalue weighted by Gasteiger charge is -2.20. The zero-order valence-electron chi connectivity index (χ0n) is 12.0. The van der Waals surface area contributed by atoms with Crippen molar-refractivity contribution in [3.63, 3.8) is 0 Å². The molecule has 0 saturated carbocycles. The second-order valence-corrected chi connectivity index (χ2v) is 5.79. The number of rotatable bonds is 5. The van der Waals surface area contributed by atoms with Crippen LogP contribution in [0.3, 0.4) is 0 Å². The molecular weight excluding hydrogens is 352 g/mol. The number of anilines is 1. The maximum absolute atomic E-state index is 12.2. The largest absolute Gasteiger partial charge is 0.462 e. The summed E-state index contributed by atoms with van der Waals surface area (Å²) in [5.41, 5.74) is 9.24. The molecule has 0 radical (unpaired) electrons. The van der Waals surface area contributed by atoms with Crippen molar-refractivity contribution in [2.45, 2.75) is 13.3 Å². The first kappa shape index (κ1) is 16.3. The number of ether oxygens (including phenoxy) is 1. The monoisotopic (exact) mass is 366 g/mol. The maximum Gasteiger partial charge on any atom is 0.340 e. The lowest BCUT2D eigenvalue weighted by molar-refractivity contribution is -0.117. The number of azide groups is 1. The van der Waals surface area contributed by atoms with Crippen molar-refractivity contribution in [3.05, 3.63) is 38.7 Å². The van der Waals surface area contributed by atoms with Gasteiger partial charge in [-0.3, -0.25) is 4.79 Å². The molecule has 0 N–H and O–H groups in total. The predicted molar refractivity (Wildman–Crippen MR) is 84.6 cm³/mol. The summed E-state index contributed by atoms with van der Waals surface area (Å²) < 4.78 is 5.78. The first-order valence-corrected chi connectivity index (χ1v) is 7.64. The average molecular weight is 367 g/mol. The molecule has 8 heteroatoms. The Morgan fingerprint density at radius 2 is 2.36 bits per heavy atom. The topological polar surface area (TPSA) is 95.4 Å².